The molecule has 1 amide bonds. The molecule has 2 aromatic carbocycles. The van der Waals surface area contributed by atoms with Gasteiger partial charge in [-0.15, -0.1) is 0 Å². The molecule has 0 spiro atoms. The lowest BCUT2D eigenvalue weighted by Gasteiger charge is -2.13. The van der Waals surface area contributed by atoms with Crippen molar-refractivity contribution in [1.29, 1.82) is 5.26 Å². The number of nitrogens with one attached hydrogen (secondary N) is 1. The number of ether oxygens (including phenoxy) is 2. The molecule has 0 aliphatic heterocycles. The normalized spacial score (nSPS) is 11.1. The van der Waals surface area contributed by atoms with Gasteiger partial charge in [0.1, 0.15) is 11.6 Å². The van der Waals surface area contributed by atoms with Crippen molar-refractivity contribution in [1.82, 2.24) is 0 Å². The number of carbonyl (C=O) groups is 1. The molecular formula is C20H17ClF2N2O3. The molecule has 0 saturated carbocycles. The average Bonchev–Trinajstić information content (AvgIpc) is 2.64. The van der Waals surface area contributed by atoms with Gasteiger partial charge in [0.15, 0.2) is 11.5 Å². The molecule has 0 unspecified atom stereocenters. The van der Waals surface area contributed by atoms with Crippen molar-refractivity contribution in [2.45, 2.75) is 20.5 Å². The number of anilines is 1. The predicted molar refractivity (Wildman–Crippen MR) is 103 cm³/mol. The van der Waals surface area contributed by atoms with E-state index in [4.69, 9.17) is 16.3 Å². The molecule has 28 heavy (non-hydrogen) atoms. The SMILES string of the molecule is COc1cc(/C=C(\C#N)C(=O)Nc2cccc(C)c2C)cc(Cl)c1OC(F)F. The summed E-state index contributed by atoms with van der Waals surface area (Å²) in [6.45, 7) is 0.682. The van der Waals surface area contributed by atoms with Gasteiger partial charge in [0.05, 0.1) is 12.1 Å². The summed E-state index contributed by atoms with van der Waals surface area (Å²) in [7, 11) is 1.26. The first-order valence-electron chi connectivity index (χ1n) is 8.08. The molecule has 0 atom stereocenters. The smallest absolute Gasteiger partial charge is 0.387 e. The molecule has 0 saturated heterocycles. The largest absolute Gasteiger partial charge is 0.493 e. The Bertz CT molecular complexity index is 969. The molecule has 2 rings (SSSR count). The summed E-state index contributed by atoms with van der Waals surface area (Å²) in [5.41, 5.74) is 2.58. The lowest BCUT2D eigenvalue weighted by molar-refractivity contribution is -0.112. The minimum absolute atomic E-state index is 0.0497. The molecule has 0 fully saturated rings. The first kappa shape index (κ1) is 21.2. The van der Waals surface area contributed by atoms with Gasteiger partial charge < -0.3 is 14.8 Å². The van der Waals surface area contributed by atoms with Gasteiger partial charge in [-0.3, -0.25) is 4.79 Å². The van der Waals surface area contributed by atoms with Crippen molar-refractivity contribution in [3.63, 3.8) is 0 Å². The van der Waals surface area contributed by atoms with Crippen molar-refractivity contribution in [2.24, 2.45) is 0 Å². The molecule has 146 valence electrons. The first-order chi connectivity index (χ1) is 13.3. The van der Waals surface area contributed by atoms with Gasteiger partial charge in [-0.25, -0.2) is 0 Å². The molecule has 1 N–H and O–H groups in total. The number of benzene rings is 2. The van der Waals surface area contributed by atoms with Gasteiger partial charge in [-0.1, -0.05) is 23.7 Å². The lowest BCUT2D eigenvalue weighted by Crippen LogP contribution is -2.14. The fraction of sp³-hybridized carbons (Fsp3) is 0.200. The van der Waals surface area contributed by atoms with Gasteiger partial charge in [-0.2, -0.15) is 14.0 Å². The van der Waals surface area contributed by atoms with E-state index in [-0.39, 0.29) is 22.1 Å². The van der Waals surface area contributed by atoms with E-state index in [0.717, 1.165) is 11.1 Å². The Morgan fingerprint density at radius 3 is 2.64 bits per heavy atom. The van der Waals surface area contributed by atoms with Crippen LogP contribution in [0.15, 0.2) is 35.9 Å². The monoisotopic (exact) mass is 406 g/mol. The maximum absolute atomic E-state index is 12.5. The second kappa shape index (κ2) is 9.20. The van der Waals surface area contributed by atoms with Crippen LogP contribution in [0.4, 0.5) is 14.5 Å². The summed E-state index contributed by atoms with van der Waals surface area (Å²) in [5.74, 6) is -0.986. The van der Waals surface area contributed by atoms with E-state index in [2.05, 4.69) is 10.1 Å². The van der Waals surface area contributed by atoms with E-state index in [9.17, 15) is 18.8 Å². The fourth-order valence-electron chi connectivity index (χ4n) is 2.42. The third-order valence-electron chi connectivity index (χ3n) is 3.99. The molecule has 0 radical (unpaired) electrons. The van der Waals surface area contributed by atoms with Gasteiger partial charge in [0, 0.05) is 5.69 Å². The van der Waals surface area contributed by atoms with Crippen LogP contribution in [0.3, 0.4) is 0 Å². The zero-order valence-corrected chi connectivity index (χ0v) is 16.1. The zero-order valence-electron chi connectivity index (χ0n) is 15.3. The average molecular weight is 407 g/mol. The quantitative estimate of drug-likeness (QED) is 0.534. The Balaban J connectivity index is 2.36. The summed E-state index contributed by atoms with van der Waals surface area (Å²) in [6.07, 6.45) is 1.28. The zero-order chi connectivity index (χ0) is 20.8. The Morgan fingerprint density at radius 2 is 2.04 bits per heavy atom. The van der Waals surface area contributed by atoms with E-state index in [1.165, 1.54) is 25.3 Å². The topological polar surface area (TPSA) is 71.3 Å². The van der Waals surface area contributed by atoms with Crippen molar-refractivity contribution >= 4 is 29.3 Å². The molecule has 0 heterocycles. The summed E-state index contributed by atoms with van der Waals surface area (Å²) in [4.78, 5) is 12.5. The summed E-state index contributed by atoms with van der Waals surface area (Å²) >= 11 is 5.98. The molecule has 5 nitrogen and oxygen atoms in total. The maximum Gasteiger partial charge on any atom is 0.387 e. The minimum atomic E-state index is -3.08. The number of methoxy groups -OCH3 is 1. The number of nitriles is 1. The van der Waals surface area contributed by atoms with E-state index in [0.29, 0.717) is 11.3 Å². The summed E-state index contributed by atoms with van der Waals surface area (Å²) in [6, 6.07) is 9.88. The van der Waals surface area contributed by atoms with Crippen LogP contribution in [0.1, 0.15) is 16.7 Å². The number of halogens is 3. The van der Waals surface area contributed by atoms with Crippen molar-refractivity contribution in [3.8, 4) is 17.6 Å². The molecule has 0 aliphatic carbocycles. The Hall–Kier alpha value is -3.11. The van der Waals surface area contributed by atoms with Crippen LogP contribution >= 0.6 is 11.6 Å². The molecule has 0 aliphatic rings. The second-order valence-corrected chi connectivity index (χ2v) is 6.19. The van der Waals surface area contributed by atoms with E-state index in [1.807, 2.05) is 26.0 Å². The number of carbonyl (C=O) groups excluding carboxylic acids is 1. The number of amides is 1. The van der Waals surface area contributed by atoms with Crippen molar-refractivity contribution in [2.75, 3.05) is 12.4 Å². The highest BCUT2D eigenvalue weighted by Gasteiger charge is 2.17. The Labute approximate surface area is 166 Å². The number of aryl methyl sites for hydroxylation is 1. The molecular weight excluding hydrogens is 390 g/mol. The number of rotatable bonds is 6. The molecule has 0 aromatic heterocycles. The van der Waals surface area contributed by atoms with E-state index in [1.54, 1.807) is 12.1 Å². The lowest BCUT2D eigenvalue weighted by atomic mass is 10.1. The van der Waals surface area contributed by atoms with Gasteiger partial charge in [0.25, 0.3) is 5.91 Å². The van der Waals surface area contributed by atoms with Crippen LogP contribution in [0, 0.1) is 25.2 Å². The highest BCUT2D eigenvalue weighted by molar-refractivity contribution is 6.32. The highest BCUT2D eigenvalue weighted by atomic mass is 35.5. The van der Waals surface area contributed by atoms with Crippen molar-refractivity contribution in [3.05, 3.63) is 57.6 Å². The predicted octanol–water partition coefficient (Wildman–Crippen LogP) is 5.11. The van der Waals surface area contributed by atoms with E-state index < -0.39 is 12.5 Å². The van der Waals surface area contributed by atoms with Crippen molar-refractivity contribution < 1.29 is 23.0 Å². The van der Waals surface area contributed by atoms with Crippen LogP contribution in [0.25, 0.3) is 6.08 Å². The third kappa shape index (κ3) is 4.99. The molecule has 8 heteroatoms. The third-order valence-corrected chi connectivity index (χ3v) is 4.27. The van der Waals surface area contributed by atoms with Gasteiger partial charge >= 0.3 is 6.61 Å². The molecule has 0 bridgehead atoms. The van der Waals surface area contributed by atoms with Crippen LogP contribution < -0.4 is 14.8 Å². The van der Waals surface area contributed by atoms with Gasteiger partial charge in [0.2, 0.25) is 0 Å². The highest BCUT2D eigenvalue weighted by Crippen LogP contribution is 2.38. The van der Waals surface area contributed by atoms with Crippen LogP contribution in [-0.2, 0) is 4.79 Å². The number of nitrogens with zero attached hydrogens (tertiary/aromatic N) is 1. The number of alkyl halides is 2. The number of hydrogen-bond acceptors (Lipinski definition) is 4. The van der Waals surface area contributed by atoms with E-state index >= 15 is 0 Å². The summed E-state index contributed by atoms with van der Waals surface area (Å²) < 4.78 is 34.4. The molecule has 2 aromatic rings. The van der Waals surface area contributed by atoms with Crippen LogP contribution in [0.2, 0.25) is 5.02 Å². The van der Waals surface area contributed by atoms with Crippen LogP contribution in [-0.4, -0.2) is 19.6 Å². The number of hydrogen-bond donors (Lipinski definition) is 1. The minimum Gasteiger partial charge on any atom is -0.493 e. The van der Waals surface area contributed by atoms with Gasteiger partial charge in [-0.05, 0) is 54.8 Å². The Kier molecular flexibility index (Phi) is 6.96. The maximum atomic E-state index is 12.5. The standard InChI is InChI=1S/C20H17ClF2N2O3/c1-11-5-4-6-16(12(11)2)25-19(26)14(10-24)7-13-8-15(21)18(28-20(22)23)17(9-13)27-3/h4-9,20H,1-3H3,(H,25,26)/b14-7+. The summed E-state index contributed by atoms with van der Waals surface area (Å²) in [5, 5.41) is 11.9. The fourth-order valence-corrected chi connectivity index (χ4v) is 2.68. The Morgan fingerprint density at radius 1 is 1.32 bits per heavy atom. The first-order valence-corrected chi connectivity index (χ1v) is 8.46. The second-order valence-electron chi connectivity index (χ2n) is 5.78. The van der Waals surface area contributed by atoms with Crippen LogP contribution in [0.5, 0.6) is 11.5 Å².